The molecule has 0 aromatic heterocycles. The van der Waals surface area contributed by atoms with Crippen LogP contribution in [-0.2, 0) is 9.36 Å². The first-order chi connectivity index (χ1) is 6.46. The minimum absolute atomic E-state index is 0.00347. The van der Waals surface area contributed by atoms with Gasteiger partial charge in [0.15, 0.2) is 0 Å². The maximum atomic E-state index is 11.3. The lowest BCUT2D eigenvalue weighted by Crippen LogP contribution is -2.44. The third-order valence-corrected chi connectivity index (χ3v) is 3.90. The summed E-state index contributed by atoms with van der Waals surface area (Å²) in [7, 11) is -4.19. The predicted molar refractivity (Wildman–Crippen MR) is 55.2 cm³/mol. The van der Waals surface area contributed by atoms with Crippen LogP contribution < -0.4 is 0 Å². The number of hydrogen-bond donors (Lipinski definition) is 3. The summed E-state index contributed by atoms with van der Waals surface area (Å²) in [6.45, 7) is 0.426. The zero-order chi connectivity index (χ0) is 10.8. The molecule has 7 heteroatoms. The van der Waals surface area contributed by atoms with E-state index >= 15 is 0 Å². The summed E-state index contributed by atoms with van der Waals surface area (Å²) in [6.07, 6.45) is 1.94. The topological polar surface area (TPSA) is 77.8 Å². The van der Waals surface area contributed by atoms with E-state index in [9.17, 15) is 9.36 Å². The van der Waals surface area contributed by atoms with Crippen molar-refractivity contribution >= 4 is 26.1 Å². The van der Waals surface area contributed by atoms with Crippen molar-refractivity contribution in [3.63, 3.8) is 0 Å². The van der Waals surface area contributed by atoms with E-state index in [4.69, 9.17) is 9.79 Å². The number of rotatable bonds is 2. The van der Waals surface area contributed by atoms with Gasteiger partial charge in [0.1, 0.15) is 5.78 Å². The minimum atomic E-state index is -4.19. The lowest BCUT2D eigenvalue weighted by molar-refractivity contribution is -0.130. The largest absolute Gasteiger partial charge is 0.347 e. The normalized spacial score (nSPS) is 23.6. The van der Waals surface area contributed by atoms with Crippen LogP contribution >= 0.6 is 20.2 Å². The SMILES string of the molecule is O=C(CS)N1CCCCC1P(=O)(O)O. The highest BCUT2D eigenvalue weighted by Gasteiger charge is 2.38. The molecule has 0 aromatic carbocycles. The van der Waals surface area contributed by atoms with Gasteiger partial charge in [-0.2, -0.15) is 12.6 Å². The average molecular weight is 239 g/mol. The maximum Gasteiger partial charge on any atom is 0.347 e. The molecule has 82 valence electrons. The highest BCUT2D eigenvalue weighted by molar-refractivity contribution is 7.81. The molecule has 1 unspecified atom stereocenters. The van der Waals surface area contributed by atoms with E-state index in [1.807, 2.05) is 0 Å². The molecule has 2 N–H and O–H groups in total. The summed E-state index contributed by atoms with van der Waals surface area (Å²) in [5.74, 6) is -1.24. The molecule has 1 fully saturated rings. The number of nitrogens with zero attached hydrogens (tertiary/aromatic N) is 1. The van der Waals surface area contributed by atoms with E-state index in [1.54, 1.807) is 0 Å². The van der Waals surface area contributed by atoms with Gasteiger partial charge < -0.3 is 14.7 Å². The van der Waals surface area contributed by atoms with Crippen LogP contribution in [0, 0.1) is 0 Å². The molecule has 1 amide bonds. The van der Waals surface area contributed by atoms with Gasteiger partial charge in [-0.1, -0.05) is 0 Å². The molecule has 1 aliphatic rings. The van der Waals surface area contributed by atoms with Crippen LogP contribution in [0.3, 0.4) is 0 Å². The van der Waals surface area contributed by atoms with Gasteiger partial charge in [-0.3, -0.25) is 9.36 Å². The summed E-state index contributed by atoms with van der Waals surface area (Å²) in [5, 5.41) is 0. The third kappa shape index (κ3) is 2.73. The first-order valence-electron chi connectivity index (χ1n) is 4.42. The zero-order valence-electron chi connectivity index (χ0n) is 7.67. The summed E-state index contributed by atoms with van der Waals surface area (Å²) in [4.78, 5) is 30.7. The van der Waals surface area contributed by atoms with Crippen molar-refractivity contribution in [1.29, 1.82) is 0 Å². The summed E-state index contributed by atoms with van der Waals surface area (Å²) < 4.78 is 11.1. The number of carbonyl (C=O) groups excluding carboxylic acids is 1. The summed E-state index contributed by atoms with van der Waals surface area (Å²) in [5.41, 5.74) is 0. The van der Waals surface area contributed by atoms with Gasteiger partial charge in [-0.05, 0) is 19.3 Å². The average Bonchev–Trinajstić information content (AvgIpc) is 2.15. The molecule has 1 heterocycles. The molecule has 0 radical (unpaired) electrons. The van der Waals surface area contributed by atoms with E-state index in [1.165, 1.54) is 4.90 Å². The first-order valence-corrected chi connectivity index (χ1v) is 6.73. The van der Waals surface area contributed by atoms with E-state index in [0.717, 1.165) is 12.8 Å². The van der Waals surface area contributed by atoms with Crippen molar-refractivity contribution in [1.82, 2.24) is 4.90 Å². The van der Waals surface area contributed by atoms with Gasteiger partial charge in [-0.25, -0.2) is 0 Å². The Bertz CT molecular complexity index is 266. The first kappa shape index (κ1) is 12.0. The minimum Gasteiger partial charge on any atom is -0.327 e. The van der Waals surface area contributed by atoms with Crippen molar-refractivity contribution in [2.45, 2.75) is 25.0 Å². The van der Waals surface area contributed by atoms with Crippen LogP contribution in [0.1, 0.15) is 19.3 Å². The van der Waals surface area contributed by atoms with E-state index in [2.05, 4.69) is 12.6 Å². The van der Waals surface area contributed by atoms with Crippen molar-refractivity contribution in [3.8, 4) is 0 Å². The van der Waals surface area contributed by atoms with Crippen LogP contribution in [0.5, 0.6) is 0 Å². The third-order valence-electron chi connectivity index (χ3n) is 2.31. The van der Waals surface area contributed by atoms with E-state index in [-0.39, 0.29) is 11.7 Å². The Hall–Kier alpha value is -0.0300. The molecule has 0 spiro atoms. The fourth-order valence-electron chi connectivity index (χ4n) is 1.65. The quantitative estimate of drug-likeness (QED) is 0.482. The molecule has 0 aromatic rings. The lowest BCUT2D eigenvalue weighted by atomic mass is 10.1. The van der Waals surface area contributed by atoms with Crippen molar-refractivity contribution in [3.05, 3.63) is 0 Å². The maximum absolute atomic E-state index is 11.3. The van der Waals surface area contributed by atoms with Crippen LogP contribution in [0.4, 0.5) is 0 Å². The van der Waals surface area contributed by atoms with E-state index in [0.29, 0.717) is 13.0 Å². The summed E-state index contributed by atoms with van der Waals surface area (Å²) in [6, 6.07) is 0. The van der Waals surface area contributed by atoms with Crippen LogP contribution in [-0.4, -0.2) is 38.7 Å². The Morgan fingerprint density at radius 2 is 2.14 bits per heavy atom. The molecule has 0 aliphatic carbocycles. The van der Waals surface area contributed by atoms with Crippen molar-refractivity contribution in [2.75, 3.05) is 12.3 Å². The molecule has 0 saturated carbocycles. The number of likely N-dealkylation sites (tertiary alicyclic amines) is 1. The van der Waals surface area contributed by atoms with Gasteiger partial charge in [0.05, 0.1) is 5.75 Å². The van der Waals surface area contributed by atoms with Crippen LogP contribution in [0.25, 0.3) is 0 Å². The second-order valence-corrected chi connectivity index (χ2v) is 5.40. The Kier molecular flexibility index (Phi) is 4.01. The molecule has 14 heavy (non-hydrogen) atoms. The number of piperidine rings is 1. The molecule has 5 nitrogen and oxygen atoms in total. The Balaban J connectivity index is 2.79. The highest BCUT2D eigenvalue weighted by atomic mass is 32.1. The second kappa shape index (κ2) is 4.66. The van der Waals surface area contributed by atoms with Gasteiger partial charge in [-0.15, -0.1) is 0 Å². The van der Waals surface area contributed by atoms with Crippen LogP contribution in [0.15, 0.2) is 0 Å². The van der Waals surface area contributed by atoms with Gasteiger partial charge >= 0.3 is 7.60 Å². The smallest absolute Gasteiger partial charge is 0.327 e. The van der Waals surface area contributed by atoms with Crippen molar-refractivity contribution < 1.29 is 19.1 Å². The molecule has 1 saturated heterocycles. The van der Waals surface area contributed by atoms with Crippen molar-refractivity contribution in [2.24, 2.45) is 0 Å². The predicted octanol–water partition coefficient (Wildman–Crippen LogP) is 0.432. The summed E-state index contributed by atoms with van der Waals surface area (Å²) >= 11 is 3.82. The Labute approximate surface area is 88.1 Å². The molecule has 1 aliphatic heterocycles. The number of carbonyl (C=O) groups is 1. The lowest BCUT2D eigenvalue weighted by Gasteiger charge is -2.35. The fraction of sp³-hybridized carbons (Fsp3) is 0.857. The highest BCUT2D eigenvalue weighted by Crippen LogP contribution is 2.47. The number of thiol groups is 1. The van der Waals surface area contributed by atoms with Crippen LogP contribution in [0.2, 0.25) is 0 Å². The second-order valence-electron chi connectivity index (χ2n) is 3.31. The fourth-order valence-corrected chi connectivity index (χ4v) is 2.95. The number of hydrogen-bond acceptors (Lipinski definition) is 3. The molecule has 0 bridgehead atoms. The van der Waals surface area contributed by atoms with Gasteiger partial charge in [0, 0.05) is 6.54 Å². The Morgan fingerprint density at radius 1 is 1.50 bits per heavy atom. The van der Waals surface area contributed by atoms with E-state index < -0.39 is 13.4 Å². The number of amides is 1. The van der Waals surface area contributed by atoms with Gasteiger partial charge in [0.2, 0.25) is 5.91 Å². The molecule has 1 atom stereocenters. The Morgan fingerprint density at radius 3 is 2.64 bits per heavy atom. The molecular formula is C7H14NO4PS. The van der Waals surface area contributed by atoms with Gasteiger partial charge in [0.25, 0.3) is 0 Å². The standard InChI is InChI=1S/C7H14NO4PS/c9-6(5-14)8-4-2-1-3-7(8)13(10,11)12/h7,14H,1-5H2,(H2,10,11,12). The molecule has 1 rings (SSSR count). The monoisotopic (exact) mass is 239 g/mol. The zero-order valence-corrected chi connectivity index (χ0v) is 9.45. The molecular weight excluding hydrogens is 225 g/mol.